The fourth-order valence-electron chi connectivity index (χ4n) is 2.34. The van der Waals surface area contributed by atoms with Crippen LogP contribution in [0.1, 0.15) is 16.7 Å². The van der Waals surface area contributed by atoms with Crippen molar-refractivity contribution in [3.05, 3.63) is 53.1 Å². The van der Waals surface area contributed by atoms with Crippen LogP contribution >= 0.6 is 0 Å². The van der Waals surface area contributed by atoms with Gasteiger partial charge in [0.2, 0.25) is 10.0 Å². The molecule has 154 valence electrons. The molecule has 11 heteroatoms. The van der Waals surface area contributed by atoms with Crippen molar-refractivity contribution in [2.75, 3.05) is 18.8 Å². The highest BCUT2D eigenvalue weighted by Crippen LogP contribution is 2.32. The molecule has 0 fully saturated rings. The number of alkyl halides is 3. The molecule has 0 aliphatic carbocycles. The average Bonchev–Trinajstić information content (AvgIpc) is 2.57. The molecule has 1 N–H and O–H groups in total. The number of aryl methyl sites for hydroxylation is 1. The molecule has 2 aromatic carbocycles. The molecule has 0 aliphatic rings. The molecule has 0 aliphatic heterocycles. The number of hydrogen-bond donors (Lipinski definition) is 1. The topological polar surface area (TPSA) is 83.6 Å². The molecule has 28 heavy (non-hydrogen) atoms. The molecule has 0 unspecified atom stereocenters. The first-order valence-corrected chi connectivity index (χ1v) is 10.8. The molecular formula is C17H19F3N2O4S2. The van der Waals surface area contributed by atoms with Crippen molar-refractivity contribution in [1.82, 2.24) is 4.31 Å². The summed E-state index contributed by atoms with van der Waals surface area (Å²) >= 11 is 0. The summed E-state index contributed by atoms with van der Waals surface area (Å²) in [5, 5.41) is 0. The van der Waals surface area contributed by atoms with E-state index in [-0.39, 0.29) is 10.6 Å². The van der Waals surface area contributed by atoms with Crippen molar-refractivity contribution in [3.63, 3.8) is 0 Å². The molecule has 0 spiro atoms. The Labute approximate surface area is 162 Å². The molecule has 2 aromatic rings. The van der Waals surface area contributed by atoms with E-state index in [1.54, 1.807) is 13.8 Å². The SMILES string of the molecule is Cc1cc(S(=O)(=O)N(C)C)cc(NS(=O)(=O)c2cccc(C(F)(F)F)c2)c1C. The highest BCUT2D eigenvalue weighted by atomic mass is 32.2. The smallest absolute Gasteiger partial charge is 0.279 e. The first-order chi connectivity index (χ1) is 12.7. The Morgan fingerprint density at radius 3 is 2.07 bits per heavy atom. The van der Waals surface area contributed by atoms with Crippen LogP contribution in [0.5, 0.6) is 0 Å². The molecule has 0 amide bonds. The third-order valence-electron chi connectivity index (χ3n) is 4.14. The minimum atomic E-state index is -4.70. The summed E-state index contributed by atoms with van der Waals surface area (Å²) in [6, 6.07) is 5.84. The van der Waals surface area contributed by atoms with E-state index in [9.17, 15) is 30.0 Å². The Bertz CT molecular complexity index is 1110. The van der Waals surface area contributed by atoms with Crippen molar-refractivity contribution in [3.8, 4) is 0 Å². The molecule has 0 heterocycles. The number of rotatable bonds is 5. The Kier molecular flexibility index (Phi) is 5.84. The van der Waals surface area contributed by atoms with Crippen LogP contribution in [0, 0.1) is 13.8 Å². The van der Waals surface area contributed by atoms with Gasteiger partial charge >= 0.3 is 6.18 Å². The second-order valence-corrected chi connectivity index (χ2v) is 10.2. The largest absolute Gasteiger partial charge is 0.416 e. The van der Waals surface area contributed by atoms with Crippen molar-refractivity contribution in [2.45, 2.75) is 29.8 Å². The lowest BCUT2D eigenvalue weighted by molar-refractivity contribution is -0.137. The quantitative estimate of drug-likeness (QED) is 0.779. The van der Waals surface area contributed by atoms with Gasteiger partial charge in [-0.3, -0.25) is 4.72 Å². The van der Waals surface area contributed by atoms with Crippen LogP contribution in [0.15, 0.2) is 46.2 Å². The Morgan fingerprint density at radius 1 is 0.929 bits per heavy atom. The van der Waals surface area contributed by atoms with Gasteiger partial charge in [-0.15, -0.1) is 0 Å². The molecule has 0 atom stereocenters. The lowest BCUT2D eigenvalue weighted by Gasteiger charge is -2.17. The van der Waals surface area contributed by atoms with Crippen molar-refractivity contribution in [1.29, 1.82) is 0 Å². The van der Waals surface area contributed by atoms with Gasteiger partial charge < -0.3 is 0 Å². The maximum atomic E-state index is 12.9. The van der Waals surface area contributed by atoms with Gasteiger partial charge in [0, 0.05) is 14.1 Å². The van der Waals surface area contributed by atoms with Crippen molar-refractivity contribution < 1.29 is 30.0 Å². The predicted molar refractivity (Wildman–Crippen MR) is 99.0 cm³/mol. The maximum absolute atomic E-state index is 12.9. The highest BCUT2D eigenvalue weighted by molar-refractivity contribution is 7.92. The monoisotopic (exact) mass is 436 g/mol. The number of anilines is 1. The summed E-state index contributed by atoms with van der Waals surface area (Å²) < 4.78 is 91.7. The zero-order valence-corrected chi connectivity index (χ0v) is 17.1. The normalized spacial score (nSPS) is 13.0. The van der Waals surface area contributed by atoms with Crippen LogP contribution in [-0.4, -0.2) is 35.2 Å². The van der Waals surface area contributed by atoms with Gasteiger partial charge in [-0.2, -0.15) is 13.2 Å². The lowest BCUT2D eigenvalue weighted by atomic mass is 10.1. The van der Waals surface area contributed by atoms with Gasteiger partial charge in [-0.05, 0) is 55.3 Å². The minimum Gasteiger partial charge on any atom is -0.279 e. The number of benzene rings is 2. The van der Waals surface area contributed by atoms with Crippen LogP contribution < -0.4 is 4.72 Å². The maximum Gasteiger partial charge on any atom is 0.416 e. The summed E-state index contributed by atoms with van der Waals surface area (Å²) in [5.74, 6) is 0. The van der Waals surface area contributed by atoms with Crippen LogP contribution in [0.25, 0.3) is 0 Å². The first kappa shape index (κ1) is 22.2. The van der Waals surface area contributed by atoms with E-state index in [0.717, 1.165) is 28.6 Å². The fourth-order valence-corrected chi connectivity index (χ4v) is 4.51. The molecule has 0 bridgehead atoms. The predicted octanol–water partition coefficient (Wildman–Crippen LogP) is 3.37. The van der Waals surface area contributed by atoms with Crippen LogP contribution in [0.2, 0.25) is 0 Å². The van der Waals surface area contributed by atoms with Crippen LogP contribution in [-0.2, 0) is 26.2 Å². The minimum absolute atomic E-state index is 0.0298. The van der Waals surface area contributed by atoms with E-state index in [2.05, 4.69) is 4.72 Å². The molecule has 2 rings (SSSR count). The van der Waals surface area contributed by atoms with Gasteiger partial charge in [0.25, 0.3) is 10.0 Å². The summed E-state index contributed by atoms with van der Waals surface area (Å²) in [6.07, 6.45) is -4.70. The third kappa shape index (κ3) is 4.47. The summed E-state index contributed by atoms with van der Waals surface area (Å²) in [5.41, 5.74) is -0.178. The number of nitrogens with zero attached hydrogens (tertiary/aromatic N) is 1. The summed E-state index contributed by atoms with van der Waals surface area (Å²) in [7, 11) is -5.55. The Morgan fingerprint density at radius 2 is 1.54 bits per heavy atom. The van der Waals surface area contributed by atoms with E-state index in [1.165, 1.54) is 20.2 Å². The molecule has 0 radical (unpaired) electrons. The Hall–Kier alpha value is -2.11. The second kappa shape index (κ2) is 7.37. The van der Waals surface area contributed by atoms with E-state index < -0.39 is 36.7 Å². The van der Waals surface area contributed by atoms with Gasteiger partial charge in [-0.1, -0.05) is 6.07 Å². The zero-order valence-electron chi connectivity index (χ0n) is 15.5. The van der Waals surface area contributed by atoms with Crippen molar-refractivity contribution in [2.24, 2.45) is 0 Å². The van der Waals surface area contributed by atoms with Crippen molar-refractivity contribution >= 4 is 25.7 Å². The summed E-state index contributed by atoms with van der Waals surface area (Å²) in [6.45, 7) is 3.18. The number of halogens is 3. The molecule has 6 nitrogen and oxygen atoms in total. The lowest BCUT2D eigenvalue weighted by Crippen LogP contribution is -2.23. The number of hydrogen-bond acceptors (Lipinski definition) is 4. The molecule has 0 saturated heterocycles. The standard InChI is InChI=1S/C17H19F3N2O4S2/c1-11-8-15(28(25,26)22(3)4)10-16(12(11)2)21-27(23,24)14-7-5-6-13(9-14)17(18,19)20/h5-10,21H,1-4H3. The van der Waals surface area contributed by atoms with Gasteiger partial charge in [0.1, 0.15) is 0 Å². The van der Waals surface area contributed by atoms with E-state index in [0.29, 0.717) is 17.2 Å². The van der Waals surface area contributed by atoms with E-state index in [4.69, 9.17) is 0 Å². The average molecular weight is 436 g/mol. The van der Waals surface area contributed by atoms with Gasteiger partial charge in [0.15, 0.2) is 0 Å². The third-order valence-corrected chi connectivity index (χ3v) is 7.29. The van der Waals surface area contributed by atoms with E-state index >= 15 is 0 Å². The highest BCUT2D eigenvalue weighted by Gasteiger charge is 2.32. The number of sulfonamides is 2. The van der Waals surface area contributed by atoms with Crippen LogP contribution in [0.4, 0.5) is 18.9 Å². The zero-order chi connectivity index (χ0) is 21.5. The Balaban J connectivity index is 2.55. The fraction of sp³-hybridized carbons (Fsp3) is 0.294. The second-order valence-electron chi connectivity index (χ2n) is 6.33. The first-order valence-electron chi connectivity index (χ1n) is 7.90. The molecular weight excluding hydrogens is 417 g/mol. The van der Waals surface area contributed by atoms with E-state index in [1.807, 2.05) is 0 Å². The van der Waals surface area contributed by atoms with Gasteiger partial charge in [0.05, 0.1) is 21.0 Å². The van der Waals surface area contributed by atoms with Crippen LogP contribution in [0.3, 0.4) is 0 Å². The summed E-state index contributed by atoms with van der Waals surface area (Å²) in [4.78, 5) is -0.720. The number of nitrogens with one attached hydrogen (secondary N) is 1. The van der Waals surface area contributed by atoms with Gasteiger partial charge in [-0.25, -0.2) is 21.1 Å². The molecule has 0 aromatic heterocycles. The molecule has 0 saturated carbocycles.